The Morgan fingerprint density at radius 3 is 2.71 bits per heavy atom. The lowest BCUT2D eigenvalue weighted by atomic mass is 10.0. The fourth-order valence-corrected chi connectivity index (χ4v) is 2.20. The largest absolute Gasteiger partial charge is 0.493 e. The van der Waals surface area contributed by atoms with Crippen molar-refractivity contribution in [3.63, 3.8) is 0 Å². The smallest absolute Gasteiger partial charge is 0.220 e. The SMILES string of the molecule is CC(C)NCc1c(OCCC(N)=O)ccc2ccccc12. The summed E-state index contributed by atoms with van der Waals surface area (Å²) in [7, 11) is 0. The van der Waals surface area contributed by atoms with Crippen LogP contribution in [-0.2, 0) is 11.3 Å². The van der Waals surface area contributed by atoms with Crippen LogP contribution < -0.4 is 15.8 Å². The summed E-state index contributed by atoms with van der Waals surface area (Å²) in [5.74, 6) is 0.459. The average molecular weight is 286 g/mol. The number of fused-ring (bicyclic) bond motifs is 1. The minimum atomic E-state index is -0.349. The van der Waals surface area contributed by atoms with Crippen molar-refractivity contribution in [2.75, 3.05) is 6.61 Å². The van der Waals surface area contributed by atoms with Crippen molar-refractivity contribution < 1.29 is 9.53 Å². The van der Waals surface area contributed by atoms with Gasteiger partial charge in [0, 0.05) is 18.2 Å². The zero-order valence-electron chi connectivity index (χ0n) is 12.6. The highest BCUT2D eigenvalue weighted by molar-refractivity contribution is 5.87. The van der Waals surface area contributed by atoms with E-state index in [0.29, 0.717) is 12.6 Å². The zero-order chi connectivity index (χ0) is 15.2. The first-order valence-corrected chi connectivity index (χ1v) is 7.23. The Kier molecular flexibility index (Phi) is 5.17. The van der Waals surface area contributed by atoms with E-state index in [-0.39, 0.29) is 12.3 Å². The monoisotopic (exact) mass is 286 g/mol. The predicted molar refractivity (Wildman–Crippen MR) is 85.2 cm³/mol. The Morgan fingerprint density at radius 1 is 1.24 bits per heavy atom. The number of carbonyl (C=O) groups is 1. The highest BCUT2D eigenvalue weighted by Crippen LogP contribution is 2.28. The predicted octanol–water partition coefficient (Wildman–Crippen LogP) is 2.59. The van der Waals surface area contributed by atoms with Crippen LogP contribution in [0.2, 0.25) is 0 Å². The van der Waals surface area contributed by atoms with Gasteiger partial charge in [-0.15, -0.1) is 0 Å². The molecule has 0 heterocycles. The number of amides is 1. The van der Waals surface area contributed by atoms with Crippen LogP contribution in [0, 0.1) is 0 Å². The Balaban J connectivity index is 2.29. The maximum Gasteiger partial charge on any atom is 0.220 e. The molecule has 2 aromatic rings. The number of nitrogens with one attached hydrogen (secondary N) is 1. The van der Waals surface area contributed by atoms with E-state index >= 15 is 0 Å². The number of hydrogen-bond donors (Lipinski definition) is 2. The van der Waals surface area contributed by atoms with Gasteiger partial charge in [0.25, 0.3) is 0 Å². The molecule has 0 aliphatic rings. The van der Waals surface area contributed by atoms with Gasteiger partial charge in [-0.25, -0.2) is 0 Å². The van der Waals surface area contributed by atoms with Crippen LogP contribution >= 0.6 is 0 Å². The van der Waals surface area contributed by atoms with Crippen molar-refractivity contribution in [3.8, 4) is 5.75 Å². The number of ether oxygens (including phenoxy) is 1. The second-order valence-electron chi connectivity index (χ2n) is 5.36. The normalized spacial score (nSPS) is 11.0. The lowest BCUT2D eigenvalue weighted by Gasteiger charge is -2.16. The Bertz CT molecular complexity index is 623. The third-order valence-electron chi connectivity index (χ3n) is 3.29. The molecule has 0 saturated carbocycles. The van der Waals surface area contributed by atoms with Crippen molar-refractivity contribution in [2.45, 2.75) is 32.9 Å². The van der Waals surface area contributed by atoms with Crippen LogP contribution in [0.3, 0.4) is 0 Å². The molecule has 4 heteroatoms. The van der Waals surface area contributed by atoms with E-state index in [9.17, 15) is 4.79 Å². The third-order valence-corrected chi connectivity index (χ3v) is 3.29. The summed E-state index contributed by atoms with van der Waals surface area (Å²) >= 11 is 0. The summed E-state index contributed by atoms with van der Waals surface area (Å²) in [4.78, 5) is 10.8. The number of primary amides is 1. The van der Waals surface area contributed by atoms with Crippen molar-refractivity contribution in [2.24, 2.45) is 5.73 Å². The maximum absolute atomic E-state index is 10.8. The van der Waals surface area contributed by atoms with E-state index in [2.05, 4.69) is 31.3 Å². The van der Waals surface area contributed by atoms with Gasteiger partial charge in [0.2, 0.25) is 5.91 Å². The molecule has 0 radical (unpaired) electrons. The van der Waals surface area contributed by atoms with Crippen LogP contribution in [0.25, 0.3) is 10.8 Å². The molecular formula is C17H22N2O2. The first-order valence-electron chi connectivity index (χ1n) is 7.23. The van der Waals surface area contributed by atoms with Crippen LogP contribution in [0.15, 0.2) is 36.4 Å². The van der Waals surface area contributed by atoms with Crippen LogP contribution in [0.4, 0.5) is 0 Å². The summed E-state index contributed by atoms with van der Waals surface area (Å²) in [5.41, 5.74) is 6.27. The van der Waals surface area contributed by atoms with Gasteiger partial charge in [0.05, 0.1) is 13.0 Å². The van der Waals surface area contributed by atoms with E-state index in [1.54, 1.807) is 0 Å². The molecule has 0 aliphatic carbocycles. The summed E-state index contributed by atoms with van der Waals surface area (Å²) in [5, 5.41) is 5.77. The van der Waals surface area contributed by atoms with Crippen molar-refractivity contribution in [3.05, 3.63) is 42.0 Å². The van der Waals surface area contributed by atoms with Crippen LogP contribution in [-0.4, -0.2) is 18.6 Å². The van der Waals surface area contributed by atoms with E-state index < -0.39 is 0 Å². The van der Waals surface area contributed by atoms with Gasteiger partial charge < -0.3 is 15.8 Å². The summed E-state index contributed by atoms with van der Waals surface area (Å²) in [6.07, 6.45) is 0.226. The average Bonchev–Trinajstić information content (AvgIpc) is 2.45. The van der Waals surface area contributed by atoms with E-state index in [1.165, 1.54) is 10.8 Å². The number of carbonyl (C=O) groups excluding carboxylic acids is 1. The van der Waals surface area contributed by atoms with Gasteiger partial charge in [-0.3, -0.25) is 4.79 Å². The minimum Gasteiger partial charge on any atom is -0.493 e. The number of hydrogen-bond acceptors (Lipinski definition) is 3. The van der Waals surface area contributed by atoms with Gasteiger partial charge in [-0.05, 0) is 16.8 Å². The number of rotatable bonds is 7. The molecule has 0 aliphatic heterocycles. The second-order valence-corrected chi connectivity index (χ2v) is 5.36. The summed E-state index contributed by atoms with van der Waals surface area (Å²) in [6.45, 7) is 5.25. The van der Waals surface area contributed by atoms with Gasteiger partial charge >= 0.3 is 0 Å². The molecule has 0 bridgehead atoms. The Morgan fingerprint density at radius 2 is 2.00 bits per heavy atom. The molecule has 0 fully saturated rings. The van der Waals surface area contributed by atoms with Crippen LogP contribution in [0.1, 0.15) is 25.8 Å². The standard InChI is InChI=1S/C17H22N2O2/c1-12(2)19-11-15-14-6-4-3-5-13(14)7-8-16(15)21-10-9-17(18)20/h3-8,12,19H,9-11H2,1-2H3,(H2,18,20). The molecule has 2 aromatic carbocycles. The Labute approximate surface area is 125 Å². The molecule has 2 rings (SSSR count). The van der Waals surface area contributed by atoms with E-state index in [0.717, 1.165) is 17.9 Å². The molecule has 1 amide bonds. The lowest BCUT2D eigenvalue weighted by molar-refractivity contribution is -0.118. The fraction of sp³-hybridized carbons (Fsp3) is 0.353. The van der Waals surface area contributed by atoms with E-state index in [1.807, 2.05) is 24.3 Å². The van der Waals surface area contributed by atoms with Crippen molar-refractivity contribution >= 4 is 16.7 Å². The van der Waals surface area contributed by atoms with Crippen molar-refractivity contribution in [1.29, 1.82) is 0 Å². The third kappa shape index (κ3) is 4.20. The molecule has 0 unspecified atom stereocenters. The van der Waals surface area contributed by atoms with Gasteiger partial charge in [-0.1, -0.05) is 44.2 Å². The van der Waals surface area contributed by atoms with Crippen LogP contribution in [0.5, 0.6) is 5.75 Å². The molecule has 21 heavy (non-hydrogen) atoms. The van der Waals surface area contributed by atoms with Crippen molar-refractivity contribution in [1.82, 2.24) is 5.32 Å². The molecule has 0 atom stereocenters. The Hall–Kier alpha value is -2.07. The first kappa shape index (κ1) is 15.3. The number of nitrogens with two attached hydrogens (primary N) is 1. The highest BCUT2D eigenvalue weighted by Gasteiger charge is 2.09. The maximum atomic E-state index is 10.8. The molecule has 0 aromatic heterocycles. The molecule has 3 N–H and O–H groups in total. The molecule has 0 spiro atoms. The zero-order valence-corrected chi connectivity index (χ0v) is 12.6. The van der Waals surface area contributed by atoms with Gasteiger partial charge in [0.15, 0.2) is 0 Å². The molecule has 112 valence electrons. The van der Waals surface area contributed by atoms with E-state index in [4.69, 9.17) is 10.5 Å². The summed E-state index contributed by atoms with van der Waals surface area (Å²) < 4.78 is 5.75. The second kappa shape index (κ2) is 7.09. The lowest BCUT2D eigenvalue weighted by Crippen LogP contribution is -2.22. The molecule has 0 saturated heterocycles. The first-order chi connectivity index (χ1) is 10.1. The quantitative estimate of drug-likeness (QED) is 0.822. The van der Waals surface area contributed by atoms with Gasteiger partial charge in [0.1, 0.15) is 5.75 Å². The van der Waals surface area contributed by atoms with Gasteiger partial charge in [-0.2, -0.15) is 0 Å². The minimum absolute atomic E-state index is 0.226. The molecular weight excluding hydrogens is 264 g/mol. The summed E-state index contributed by atoms with van der Waals surface area (Å²) in [6, 6.07) is 12.6. The fourth-order valence-electron chi connectivity index (χ4n) is 2.20. The number of benzene rings is 2. The molecule has 4 nitrogen and oxygen atoms in total. The highest BCUT2D eigenvalue weighted by atomic mass is 16.5. The topological polar surface area (TPSA) is 64.3 Å².